The zero-order chi connectivity index (χ0) is 37.9. The van der Waals surface area contributed by atoms with E-state index in [1.807, 2.05) is 66.9 Å². The van der Waals surface area contributed by atoms with Crippen LogP contribution in [0.1, 0.15) is 19.4 Å². The molecule has 2 heterocycles. The first-order valence-electron chi connectivity index (χ1n) is 18.5. The van der Waals surface area contributed by atoms with Crippen LogP contribution in [0.15, 0.2) is 122 Å². The predicted octanol–water partition coefficient (Wildman–Crippen LogP) is 10.1. The van der Waals surface area contributed by atoms with Crippen LogP contribution >= 0.6 is 0 Å². The third-order valence-corrected chi connectivity index (χ3v) is 14.3. The molecule has 0 aliphatic heterocycles. The van der Waals surface area contributed by atoms with Crippen LogP contribution in [0.4, 0.5) is 0 Å². The minimum Gasteiger partial charge on any atom is 0 e. The number of aromatic nitrogens is 2. The van der Waals surface area contributed by atoms with Gasteiger partial charge in [-0.25, -0.2) is 0 Å². The van der Waals surface area contributed by atoms with Crippen molar-refractivity contribution in [3.05, 3.63) is 145 Å². The third-order valence-electron chi connectivity index (χ3n) is 7.90. The molecule has 0 spiro atoms. The zero-order valence-electron chi connectivity index (χ0n) is 33.8. The summed E-state index contributed by atoms with van der Waals surface area (Å²) in [5, 5.41) is 1.40. The molecule has 0 unspecified atom stereocenters. The monoisotopic (exact) mass is 877 g/mol. The first-order chi connectivity index (χ1) is 24.3. The summed E-state index contributed by atoms with van der Waals surface area (Å²) in [4.78, 5) is 8.88. The summed E-state index contributed by atoms with van der Waals surface area (Å²) in [7, 11) is -1.23. The molecule has 0 bridgehead atoms. The van der Waals surface area contributed by atoms with Gasteiger partial charge in [0.1, 0.15) is 0 Å². The fraction of sp³-hybridized carbons (Fsp3) is 0.190. The zero-order valence-corrected chi connectivity index (χ0v) is 33.3. The van der Waals surface area contributed by atoms with Gasteiger partial charge < -0.3 is 4.98 Å². The second-order valence-corrected chi connectivity index (χ2v) is 29.2. The van der Waals surface area contributed by atoms with Gasteiger partial charge in [-0.05, 0) is 10.9 Å². The Balaban J connectivity index is 0.000000308. The second-order valence-electron chi connectivity index (χ2n) is 13.4. The van der Waals surface area contributed by atoms with E-state index in [4.69, 9.17) is 8.22 Å². The Kier molecular flexibility index (Phi) is 9.52. The van der Waals surface area contributed by atoms with Crippen molar-refractivity contribution in [3.63, 3.8) is 0 Å². The number of rotatable bonds is 6. The molecule has 2 nitrogen and oxygen atoms in total. The molecular formula is C42H44GeIrN2Si-2. The normalized spacial score (nSPS) is 13.7. The van der Waals surface area contributed by atoms with Gasteiger partial charge in [0.2, 0.25) is 0 Å². The van der Waals surface area contributed by atoms with Crippen LogP contribution in [0.25, 0.3) is 44.8 Å². The number of pyridine rings is 2. The quantitative estimate of drug-likeness (QED) is 0.123. The molecule has 0 N–H and O–H groups in total. The van der Waals surface area contributed by atoms with E-state index in [1.54, 1.807) is 24.3 Å². The summed E-state index contributed by atoms with van der Waals surface area (Å²) in [5.74, 6) is 6.99. The van der Waals surface area contributed by atoms with Gasteiger partial charge in [0.05, 0.1) is 8.07 Å². The standard InChI is InChI=1S/C28H28GeN.C14H16NSi.Ir/c1-20-17-24(22-11-14-25(15-12-22)29(3,4)5)13-16-26(20)27-18-28(30-19-21(27)2)23-9-7-6-8-10-23;1-16(2,3)13-9-10-14(15-11-13)12-7-5-4-6-8-12;/h6-9,11-19H,1-5H3;4-7,9-11H,1-3H3;/q2*-1;/i1D3,2D3;;. The Morgan fingerprint density at radius 1 is 0.617 bits per heavy atom. The van der Waals surface area contributed by atoms with E-state index in [0.717, 1.165) is 22.4 Å². The maximum absolute atomic E-state index is 8.26. The van der Waals surface area contributed by atoms with Crippen LogP contribution in [0.5, 0.6) is 0 Å². The number of hydrogen-bond donors (Lipinski definition) is 0. The van der Waals surface area contributed by atoms with E-state index in [2.05, 4.69) is 83.3 Å². The van der Waals surface area contributed by atoms with Crippen molar-refractivity contribution in [1.29, 1.82) is 0 Å². The van der Waals surface area contributed by atoms with Gasteiger partial charge in [0, 0.05) is 26.3 Å². The number of aryl methyl sites for hydroxylation is 2. The maximum Gasteiger partial charge on any atom is 0 e. The van der Waals surface area contributed by atoms with E-state index in [9.17, 15) is 0 Å². The summed E-state index contributed by atoms with van der Waals surface area (Å²) in [6.45, 7) is 2.09. The smallest absolute Gasteiger partial charge is 0 e. The van der Waals surface area contributed by atoms with E-state index in [1.165, 1.54) is 15.8 Å². The number of nitrogens with zero attached hydrogens (tertiary/aromatic N) is 2. The molecule has 4 aromatic carbocycles. The summed E-state index contributed by atoms with van der Waals surface area (Å²) < 4.78 is 50.3. The molecule has 0 aliphatic rings. The molecule has 2 aromatic heterocycles. The molecule has 0 amide bonds. The van der Waals surface area contributed by atoms with Crippen molar-refractivity contribution in [2.75, 3.05) is 0 Å². The SMILES string of the molecule is C[Si](C)(C)c1ccc(-c2[c-]cccc2)nc1.[2H]C([2H])([2H])c1cnc(-c2[c-]cccc2)cc1-c1ccc(-c2cc[c]([Ge]([CH3])([CH3])[CH3])cc2)cc1C([2H])([2H])[2H].[Ir]. The van der Waals surface area contributed by atoms with E-state index < -0.39 is 35.0 Å². The topological polar surface area (TPSA) is 25.8 Å². The van der Waals surface area contributed by atoms with Crippen molar-refractivity contribution in [1.82, 2.24) is 9.97 Å². The van der Waals surface area contributed by atoms with Crippen LogP contribution in [0.2, 0.25) is 36.9 Å². The molecule has 0 saturated carbocycles. The molecule has 5 heteroatoms. The minimum absolute atomic E-state index is 0. The Morgan fingerprint density at radius 3 is 1.77 bits per heavy atom. The van der Waals surface area contributed by atoms with Crippen molar-refractivity contribution in [2.45, 2.75) is 50.6 Å². The largest absolute Gasteiger partial charge is 0 e. The average molecular weight is 876 g/mol. The first-order valence-corrected chi connectivity index (χ1v) is 26.3. The first kappa shape index (κ1) is 28.6. The van der Waals surface area contributed by atoms with Crippen LogP contribution in [-0.4, -0.2) is 31.3 Å². The summed E-state index contributed by atoms with van der Waals surface area (Å²) in [6, 6.07) is 41.0. The maximum atomic E-state index is 8.26. The molecule has 1 radical (unpaired) electrons. The Bertz CT molecular complexity index is 2110. The van der Waals surface area contributed by atoms with Gasteiger partial charge in [-0.3, -0.25) is 0 Å². The van der Waals surface area contributed by atoms with E-state index >= 15 is 0 Å². The summed E-state index contributed by atoms with van der Waals surface area (Å²) >= 11 is -1.97. The Labute approximate surface area is 307 Å². The van der Waals surface area contributed by atoms with Gasteiger partial charge in [-0.2, -0.15) is 0 Å². The molecule has 241 valence electrons. The molecular weight excluding hydrogens is 825 g/mol. The van der Waals surface area contributed by atoms with Gasteiger partial charge in [-0.15, -0.1) is 66.2 Å². The summed E-state index contributed by atoms with van der Waals surface area (Å²) in [5.41, 5.74) is 5.82. The Morgan fingerprint density at radius 2 is 1.23 bits per heavy atom. The second kappa shape index (κ2) is 15.7. The van der Waals surface area contributed by atoms with Crippen molar-refractivity contribution >= 4 is 30.9 Å². The van der Waals surface area contributed by atoms with Crippen LogP contribution in [0.3, 0.4) is 0 Å². The average Bonchev–Trinajstić information content (AvgIpc) is 3.11. The van der Waals surface area contributed by atoms with E-state index in [-0.39, 0.29) is 31.2 Å². The molecule has 47 heavy (non-hydrogen) atoms. The van der Waals surface area contributed by atoms with Crippen LogP contribution in [-0.2, 0) is 20.1 Å². The minimum atomic E-state index is -2.46. The number of hydrogen-bond acceptors (Lipinski definition) is 2. The van der Waals surface area contributed by atoms with Gasteiger partial charge in [0.25, 0.3) is 0 Å². The molecule has 0 fully saturated rings. The van der Waals surface area contributed by atoms with Gasteiger partial charge in [0.15, 0.2) is 0 Å². The predicted molar refractivity (Wildman–Crippen MR) is 203 cm³/mol. The van der Waals surface area contributed by atoms with E-state index in [0.29, 0.717) is 22.4 Å². The molecule has 6 rings (SSSR count). The van der Waals surface area contributed by atoms with Crippen LogP contribution in [0, 0.1) is 25.8 Å². The molecule has 6 aromatic rings. The summed E-state index contributed by atoms with van der Waals surface area (Å²) in [6.07, 6.45) is 3.34. The fourth-order valence-corrected chi connectivity index (χ4v) is 8.53. The molecule has 0 atom stereocenters. The van der Waals surface area contributed by atoms with Crippen LogP contribution < -0.4 is 9.58 Å². The van der Waals surface area contributed by atoms with Crippen molar-refractivity contribution < 1.29 is 28.3 Å². The molecule has 0 saturated heterocycles. The fourth-order valence-electron chi connectivity index (χ4n) is 5.05. The molecule has 0 aliphatic carbocycles. The third kappa shape index (κ3) is 9.36. The Hall–Kier alpha value is -3.41. The van der Waals surface area contributed by atoms with Crippen molar-refractivity contribution in [2.24, 2.45) is 0 Å². The van der Waals surface area contributed by atoms with Gasteiger partial charge >= 0.3 is 161 Å². The van der Waals surface area contributed by atoms with Crippen molar-refractivity contribution in [3.8, 4) is 44.8 Å². The number of benzene rings is 4. The van der Waals surface area contributed by atoms with Gasteiger partial charge in [-0.1, -0.05) is 31.8 Å².